The van der Waals surface area contributed by atoms with Crippen LogP contribution in [0.3, 0.4) is 0 Å². The quantitative estimate of drug-likeness (QED) is 0.817. The maximum Gasteiger partial charge on any atom is 0.226 e. The van der Waals surface area contributed by atoms with Crippen molar-refractivity contribution in [3.63, 3.8) is 0 Å². The molecule has 1 aromatic carbocycles. The van der Waals surface area contributed by atoms with Gasteiger partial charge in [-0.2, -0.15) is 0 Å². The van der Waals surface area contributed by atoms with Crippen LogP contribution in [0.1, 0.15) is 19.3 Å². The third kappa shape index (κ3) is 4.26. The average molecular weight is 366 g/mol. The third-order valence-electron chi connectivity index (χ3n) is 4.14. The van der Waals surface area contributed by atoms with Gasteiger partial charge in [-0.25, -0.2) is 4.98 Å². The number of halogens is 1. The molecule has 1 aromatic heterocycles. The highest BCUT2D eigenvalue weighted by Crippen LogP contribution is 2.31. The van der Waals surface area contributed by atoms with Gasteiger partial charge in [0.1, 0.15) is 5.75 Å². The molecule has 1 atom stereocenters. The molecule has 1 unspecified atom stereocenters. The molecule has 0 saturated carbocycles. The molecule has 0 bridgehead atoms. The molecule has 2 aromatic rings. The van der Waals surface area contributed by atoms with Gasteiger partial charge < -0.3 is 15.4 Å². The topological polar surface area (TPSA) is 63.2 Å². The summed E-state index contributed by atoms with van der Waals surface area (Å²) in [4.78, 5) is 16.5. The zero-order chi connectivity index (χ0) is 16.9. The first-order valence-corrected chi connectivity index (χ1v) is 9.21. The molecule has 3 rings (SSSR count). The maximum atomic E-state index is 12.1. The number of nitrogens with zero attached hydrogens (tertiary/aromatic N) is 1. The summed E-state index contributed by atoms with van der Waals surface area (Å²) in [6.07, 6.45) is 2.62. The van der Waals surface area contributed by atoms with Gasteiger partial charge in [0.2, 0.25) is 5.91 Å². The minimum Gasteiger partial charge on any atom is -0.495 e. The lowest BCUT2D eigenvalue weighted by Crippen LogP contribution is -2.14. The van der Waals surface area contributed by atoms with Crippen molar-refractivity contribution in [1.29, 1.82) is 0 Å². The number of rotatable bonds is 6. The lowest BCUT2D eigenvalue weighted by atomic mass is 10.0. The molecule has 7 heteroatoms. The number of anilines is 1. The Morgan fingerprint density at radius 1 is 1.54 bits per heavy atom. The van der Waals surface area contributed by atoms with Gasteiger partial charge in [-0.3, -0.25) is 4.79 Å². The number of methoxy groups -OCH3 is 1. The molecule has 1 saturated heterocycles. The van der Waals surface area contributed by atoms with Crippen LogP contribution in [0, 0.1) is 5.92 Å². The van der Waals surface area contributed by atoms with E-state index in [0.717, 1.165) is 37.2 Å². The predicted molar refractivity (Wildman–Crippen MR) is 98.0 cm³/mol. The van der Waals surface area contributed by atoms with Crippen LogP contribution in [0.25, 0.3) is 11.3 Å². The Hall–Kier alpha value is -1.63. The van der Waals surface area contributed by atoms with Crippen LogP contribution in [-0.2, 0) is 4.79 Å². The summed E-state index contributed by atoms with van der Waals surface area (Å²) in [6, 6.07) is 5.53. The minimum absolute atomic E-state index is 0.0237. The minimum atomic E-state index is 0.0237. The van der Waals surface area contributed by atoms with E-state index < -0.39 is 0 Å². The molecule has 0 spiro atoms. The van der Waals surface area contributed by atoms with Crippen molar-refractivity contribution in [2.75, 3.05) is 25.5 Å². The Morgan fingerprint density at radius 3 is 3.12 bits per heavy atom. The van der Waals surface area contributed by atoms with Gasteiger partial charge in [-0.1, -0.05) is 11.6 Å². The van der Waals surface area contributed by atoms with Crippen molar-refractivity contribution in [1.82, 2.24) is 10.3 Å². The van der Waals surface area contributed by atoms with Crippen LogP contribution < -0.4 is 15.4 Å². The van der Waals surface area contributed by atoms with Gasteiger partial charge in [0.05, 0.1) is 17.8 Å². The van der Waals surface area contributed by atoms with Crippen LogP contribution in [0.2, 0.25) is 5.02 Å². The molecule has 2 N–H and O–H groups in total. The van der Waals surface area contributed by atoms with Crippen molar-refractivity contribution in [2.45, 2.75) is 19.3 Å². The SMILES string of the molecule is COc1ccc(-c2csc(NC(=O)CCC3CCNC3)n2)cc1Cl. The van der Waals surface area contributed by atoms with Gasteiger partial charge in [-0.15, -0.1) is 11.3 Å². The molecule has 1 aliphatic rings. The van der Waals surface area contributed by atoms with Crippen LogP contribution >= 0.6 is 22.9 Å². The van der Waals surface area contributed by atoms with E-state index in [1.54, 1.807) is 7.11 Å². The fraction of sp³-hybridized carbons (Fsp3) is 0.412. The monoisotopic (exact) mass is 365 g/mol. The summed E-state index contributed by atoms with van der Waals surface area (Å²) in [7, 11) is 1.58. The summed E-state index contributed by atoms with van der Waals surface area (Å²) in [5.74, 6) is 1.27. The first kappa shape index (κ1) is 17.2. The molecule has 1 aliphatic heterocycles. The summed E-state index contributed by atoms with van der Waals surface area (Å²) in [5, 5.41) is 9.27. The second-order valence-electron chi connectivity index (χ2n) is 5.83. The normalized spacial score (nSPS) is 17.0. The fourth-order valence-corrected chi connectivity index (χ4v) is 3.76. The largest absolute Gasteiger partial charge is 0.495 e. The fourth-order valence-electron chi connectivity index (χ4n) is 2.77. The summed E-state index contributed by atoms with van der Waals surface area (Å²) in [5.41, 5.74) is 1.69. The van der Waals surface area contributed by atoms with E-state index in [9.17, 15) is 4.79 Å². The Morgan fingerprint density at radius 2 is 2.42 bits per heavy atom. The molecule has 0 aliphatic carbocycles. The highest BCUT2D eigenvalue weighted by Gasteiger charge is 2.16. The molecule has 128 valence electrons. The molecular weight excluding hydrogens is 346 g/mol. The number of hydrogen-bond acceptors (Lipinski definition) is 5. The Bertz CT molecular complexity index is 714. The van der Waals surface area contributed by atoms with E-state index in [1.807, 2.05) is 23.6 Å². The second-order valence-corrected chi connectivity index (χ2v) is 7.10. The second kappa shape index (κ2) is 7.96. The van der Waals surface area contributed by atoms with Gasteiger partial charge in [0, 0.05) is 17.4 Å². The van der Waals surface area contributed by atoms with Crippen LogP contribution in [0.15, 0.2) is 23.6 Å². The van der Waals surface area contributed by atoms with E-state index in [-0.39, 0.29) is 5.91 Å². The number of nitrogens with one attached hydrogen (secondary N) is 2. The number of thiazole rings is 1. The number of benzene rings is 1. The zero-order valence-corrected chi connectivity index (χ0v) is 15.0. The van der Waals surface area contributed by atoms with Crippen LogP contribution in [-0.4, -0.2) is 31.1 Å². The molecule has 5 nitrogen and oxygen atoms in total. The van der Waals surface area contributed by atoms with Gasteiger partial charge >= 0.3 is 0 Å². The summed E-state index contributed by atoms with van der Waals surface area (Å²) >= 11 is 7.57. The molecular formula is C17H20ClN3O2S. The Kier molecular flexibility index (Phi) is 5.71. The van der Waals surface area contributed by atoms with E-state index in [2.05, 4.69) is 15.6 Å². The first-order valence-electron chi connectivity index (χ1n) is 7.95. The van der Waals surface area contributed by atoms with E-state index in [0.29, 0.717) is 28.2 Å². The molecule has 2 heterocycles. The number of carbonyl (C=O) groups excluding carboxylic acids is 1. The summed E-state index contributed by atoms with van der Waals surface area (Å²) in [6.45, 7) is 2.08. The van der Waals surface area contributed by atoms with Crippen molar-refractivity contribution < 1.29 is 9.53 Å². The number of ether oxygens (including phenoxy) is 1. The smallest absolute Gasteiger partial charge is 0.226 e. The van der Waals surface area contributed by atoms with Gasteiger partial charge in [0.25, 0.3) is 0 Å². The van der Waals surface area contributed by atoms with Gasteiger partial charge in [-0.05, 0) is 50.0 Å². The highest BCUT2D eigenvalue weighted by atomic mass is 35.5. The lowest BCUT2D eigenvalue weighted by molar-refractivity contribution is -0.116. The number of aromatic nitrogens is 1. The predicted octanol–water partition coefficient (Wildman–Crippen LogP) is 3.80. The molecule has 0 radical (unpaired) electrons. The van der Waals surface area contributed by atoms with Crippen molar-refractivity contribution in [2.24, 2.45) is 5.92 Å². The highest BCUT2D eigenvalue weighted by molar-refractivity contribution is 7.14. The van der Waals surface area contributed by atoms with E-state index in [1.165, 1.54) is 11.3 Å². The van der Waals surface area contributed by atoms with Crippen LogP contribution in [0.4, 0.5) is 5.13 Å². The lowest BCUT2D eigenvalue weighted by Gasteiger charge is -2.07. The standard InChI is InChI=1S/C17H20ClN3O2S/c1-23-15-4-3-12(8-13(15)18)14-10-24-17(20-14)21-16(22)5-2-11-6-7-19-9-11/h3-4,8,10-11,19H,2,5-7,9H2,1H3,(H,20,21,22). The van der Waals surface area contributed by atoms with Crippen molar-refractivity contribution in [3.8, 4) is 17.0 Å². The molecule has 24 heavy (non-hydrogen) atoms. The number of carbonyl (C=O) groups is 1. The average Bonchev–Trinajstić information content (AvgIpc) is 3.24. The van der Waals surface area contributed by atoms with Crippen molar-refractivity contribution >= 4 is 34.0 Å². The van der Waals surface area contributed by atoms with Gasteiger partial charge in [0.15, 0.2) is 5.13 Å². The zero-order valence-electron chi connectivity index (χ0n) is 13.5. The van der Waals surface area contributed by atoms with Crippen molar-refractivity contribution in [3.05, 3.63) is 28.6 Å². The van der Waals surface area contributed by atoms with E-state index in [4.69, 9.17) is 16.3 Å². The first-order chi connectivity index (χ1) is 11.7. The Labute approximate surface area is 150 Å². The van der Waals surface area contributed by atoms with E-state index >= 15 is 0 Å². The Balaban J connectivity index is 1.58. The number of hydrogen-bond donors (Lipinski definition) is 2. The summed E-state index contributed by atoms with van der Waals surface area (Å²) < 4.78 is 5.15. The molecule has 1 amide bonds. The molecule has 1 fully saturated rings. The number of amides is 1. The third-order valence-corrected chi connectivity index (χ3v) is 5.19. The maximum absolute atomic E-state index is 12.1. The van der Waals surface area contributed by atoms with Crippen LogP contribution in [0.5, 0.6) is 5.75 Å².